The summed E-state index contributed by atoms with van der Waals surface area (Å²) in [4.78, 5) is 0. The molecule has 0 aliphatic rings. The predicted molar refractivity (Wildman–Crippen MR) is 80.0 cm³/mol. The standard InChI is InChI=1S/C15H16BrNO2/c1-17-10-11-8-12(16)6-7-15(11)19-14-5-3-4-13(9-14)18-2/h3-9,17H,10H2,1-2H3. The Morgan fingerprint density at radius 2 is 1.89 bits per heavy atom. The topological polar surface area (TPSA) is 30.5 Å². The van der Waals surface area contributed by atoms with E-state index in [1.54, 1.807) is 7.11 Å². The minimum absolute atomic E-state index is 0.749. The Hall–Kier alpha value is -1.52. The number of hydrogen-bond acceptors (Lipinski definition) is 3. The van der Waals surface area contributed by atoms with Crippen LogP contribution < -0.4 is 14.8 Å². The van der Waals surface area contributed by atoms with Crippen LogP contribution in [0.25, 0.3) is 0 Å². The van der Waals surface area contributed by atoms with Crippen molar-refractivity contribution < 1.29 is 9.47 Å². The fraction of sp³-hybridized carbons (Fsp3) is 0.200. The van der Waals surface area contributed by atoms with Crippen LogP contribution in [0.4, 0.5) is 0 Å². The molecule has 1 N–H and O–H groups in total. The summed E-state index contributed by atoms with van der Waals surface area (Å²) in [5.41, 5.74) is 1.10. The molecule has 2 rings (SSSR count). The first kappa shape index (κ1) is 13.9. The van der Waals surface area contributed by atoms with Gasteiger partial charge in [0.1, 0.15) is 17.2 Å². The summed E-state index contributed by atoms with van der Waals surface area (Å²) in [5.74, 6) is 2.38. The lowest BCUT2D eigenvalue weighted by molar-refractivity contribution is 0.408. The molecule has 4 heteroatoms. The van der Waals surface area contributed by atoms with Crippen LogP contribution in [0.15, 0.2) is 46.9 Å². The van der Waals surface area contributed by atoms with Crippen molar-refractivity contribution in [2.75, 3.05) is 14.2 Å². The maximum atomic E-state index is 5.92. The van der Waals surface area contributed by atoms with Gasteiger partial charge in [-0.1, -0.05) is 22.0 Å². The molecule has 0 aromatic heterocycles. The van der Waals surface area contributed by atoms with E-state index in [0.717, 1.165) is 33.8 Å². The highest BCUT2D eigenvalue weighted by Crippen LogP contribution is 2.29. The zero-order valence-corrected chi connectivity index (χ0v) is 12.5. The summed E-state index contributed by atoms with van der Waals surface area (Å²) in [6.07, 6.45) is 0. The summed E-state index contributed by atoms with van der Waals surface area (Å²) in [6.45, 7) is 0.749. The van der Waals surface area contributed by atoms with E-state index in [0.29, 0.717) is 0 Å². The van der Waals surface area contributed by atoms with Crippen molar-refractivity contribution in [3.63, 3.8) is 0 Å². The monoisotopic (exact) mass is 321 g/mol. The zero-order chi connectivity index (χ0) is 13.7. The van der Waals surface area contributed by atoms with Crippen LogP contribution in [0.2, 0.25) is 0 Å². The van der Waals surface area contributed by atoms with Crippen LogP contribution in [0.1, 0.15) is 5.56 Å². The smallest absolute Gasteiger partial charge is 0.131 e. The summed E-state index contributed by atoms with van der Waals surface area (Å²) < 4.78 is 12.1. The number of benzene rings is 2. The van der Waals surface area contributed by atoms with E-state index in [1.807, 2.05) is 49.5 Å². The van der Waals surface area contributed by atoms with Gasteiger partial charge in [-0.15, -0.1) is 0 Å². The average Bonchev–Trinajstić information content (AvgIpc) is 2.42. The molecule has 2 aromatic rings. The number of halogens is 1. The molecule has 100 valence electrons. The highest BCUT2D eigenvalue weighted by atomic mass is 79.9. The molecule has 0 heterocycles. The van der Waals surface area contributed by atoms with Gasteiger partial charge in [-0.05, 0) is 37.4 Å². The number of nitrogens with one attached hydrogen (secondary N) is 1. The molecule has 19 heavy (non-hydrogen) atoms. The van der Waals surface area contributed by atoms with Crippen molar-refractivity contribution in [3.05, 3.63) is 52.5 Å². The molecular formula is C15H16BrNO2. The second-order valence-electron chi connectivity index (χ2n) is 4.06. The van der Waals surface area contributed by atoms with Crippen LogP contribution >= 0.6 is 15.9 Å². The van der Waals surface area contributed by atoms with E-state index >= 15 is 0 Å². The van der Waals surface area contributed by atoms with Crippen molar-refractivity contribution in [2.45, 2.75) is 6.54 Å². The third-order valence-corrected chi connectivity index (χ3v) is 3.15. The van der Waals surface area contributed by atoms with Gasteiger partial charge in [0, 0.05) is 22.6 Å². The SMILES string of the molecule is CNCc1cc(Br)ccc1Oc1cccc(OC)c1. The van der Waals surface area contributed by atoms with Crippen molar-refractivity contribution in [1.82, 2.24) is 5.32 Å². The number of rotatable bonds is 5. The lowest BCUT2D eigenvalue weighted by Crippen LogP contribution is -2.06. The molecule has 0 unspecified atom stereocenters. The van der Waals surface area contributed by atoms with Gasteiger partial charge >= 0.3 is 0 Å². The molecule has 2 aromatic carbocycles. The number of methoxy groups -OCH3 is 1. The molecule has 0 saturated heterocycles. The first-order chi connectivity index (χ1) is 9.22. The largest absolute Gasteiger partial charge is 0.497 e. The summed E-state index contributed by atoms with van der Waals surface area (Å²) in [7, 11) is 3.56. The van der Waals surface area contributed by atoms with Crippen LogP contribution in [-0.2, 0) is 6.54 Å². The maximum absolute atomic E-state index is 5.92. The van der Waals surface area contributed by atoms with E-state index < -0.39 is 0 Å². The fourth-order valence-corrected chi connectivity index (χ4v) is 2.18. The second kappa shape index (κ2) is 6.59. The van der Waals surface area contributed by atoms with Crippen molar-refractivity contribution in [2.24, 2.45) is 0 Å². The molecule has 0 radical (unpaired) electrons. The third-order valence-electron chi connectivity index (χ3n) is 2.66. The van der Waals surface area contributed by atoms with Crippen LogP contribution in [0, 0.1) is 0 Å². The Morgan fingerprint density at radius 3 is 2.63 bits per heavy atom. The average molecular weight is 322 g/mol. The fourth-order valence-electron chi connectivity index (χ4n) is 1.77. The van der Waals surface area contributed by atoms with Crippen molar-refractivity contribution in [3.8, 4) is 17.2 Å². The Kier molecular flexibility index (Phi) is 4.82. The molecule has 0 bridgehead atoms. The summed E-state index contributed by atoms with van der Waals surface area (Å²) in [6, 6.07) is 13.5. The molecular weight excluding hydrogens is 306 g/mol. The number of hydrogen-bond donors (Lipinski definition) is 1. The van der Waals surface area contributed by atoms with E-state index in [9.17, 15) is 0 Å². The second-order valence-corrected chi connectivity index (χ2v) is 4.98. The van der Waals surface area contributed by atoms with Crippen LogP contribution in [0.5, 0.6) is 17.2 Å². The normalized spacial score (nSPS) is 10.3. The van der Waals surface area contributed by atoms with Gasteiger partial charge < -0.3 is 14.8 Å². The van der Waals surface area contributed by atoms with Crippen LogP contribution in [0.3, 0.4) is 0 Å². The Bertz CT molecular complexity index is 558. The quantitative estimate of drug-likeness (QED) is 0.903. The summed E-state index contributed by atoms with van der Waals surface area (Å²) in [5, 5.41) is 3.13. The first-order valence-electron chi connectivity index (χ1n) is 5.98. The van der Waals surface area contributed by atoms with Gasteiger partial charge in [0.2, 0.25) is 0 Å². The van der Waals surface area contributed by atoms with Gasteiger partial charge in [-0.2, -0.15) is 0 Å². The molecule has 0 amide bonds. The highest BCUT2D eigenvalue weighted by Gasteiger charge is 2.06. The third kappa shape index (κ3) is 3.72. The molecule has 0 aliphatic carbocycles. The lowest BCUT2D eigenvalue weighted by Gasteiger charge is -2.12. The Balaban J connectivity index is 2.26. The Morgan fingerprint density at radius 1 is 1.11 bits per heavy atom. The molecule has 0 aliphatic heterocycles. The molecule has 3 nitrogen and oxygen atoms in total. The van der Waals surface area contributed by atoms with E-state index in [1.165, 1.54) is 0 Å². The van der Waals surface area contributed by atoms with Crippen molar-refractivity contribution in [1.29, 1.82) is 0 Å². The maximum Gasteiger partial charge on any atom is 0.131 e. The zero-order valence-electron chi connectivity index (χ0n) is 10.9. The van der Waals surface area contributed by atoms with E-state index in [4.69, 9.17) is 9.47 Å². The van der Waals surface area contributed by atoms with E-state index in [-0.39, 0.29) is 0 Å². The molecule has 0 atom stereocenters. The van der Waals surface area contributed by atoms with Gasteiger partial charge in [0.25, 0.3) is 0 Å². The Labute approximate surface area is 121 Å². The highest BCUT2D eigenvalue weighted by molar-refractivity contribution is 9.10. The van der Waals surface area contributed by atoms with E-state index in [2.05, 4.69) is 21.2 Å². The predicted octanol–water partition coefficient (Wildman–Crippen LogP) is 3.97. The minimum Gasteiger partial charge on any atom is -0.497 e. The van der Waals surface area contributed by atoms with Crippen molar-refractivity contribution >= 4 is 15.9 Å². The van der Waals surface area contributed by atoms with Gasteiger partial charge in [0.15, 0.2) is 0 Å². The van der Waals surface area contributed by atoms with Gasteiger partial charge in [-0.25, -0.2) is 0 Å². The van der Waals surface area contributed by atoms with Gasteiger partial charge in [-0.3, -0.25) is 0 Å². The molecule has 0 fully saturated rings. The number of ether oxygens (including phenoxy) is 2. The lowest BCUT2D eigenvalue weighted by atomic mass is 10.2. The molecule has 0 saturated carbocycles. The first-order valence-corrected chi connectivity index (χ1v) is 6.77. The minimum atomic E-state index is 0.749. The van der Waals surface area contributed by atoms with Gasteiger partial charge in [0.05, 0.1) is 7.11 Å². The molecule has 0 spiro atoms. The van der Waals surface area contributed by atoms with Crippen LogP contribution in [-0.4, -0.2) is 14.2 Å². The summed E-state index contributed by atoms with van der Waals surface area (Å²) >= 11 is 3.47.